The summed E-state index contributed by atoms with van der Waals surface area (Å²) in [6.07, 6.45) is 0.390. The van der Waals surface area contributed by atoms with E-state index in [-0.39, 0.29) is 11.6 Å². The van der Waals surface area contributed by atoms with Gasteiger partial charge in [-0.05, 0) is 31.2 Å². The van der Waals surface area contributed by atoms with Crippen LogP contribution in [0.5, 0.6) is 0 Å². The summed E-state index contributed by atoms with van der Waals surface area (Å²) >= 11 is 5.73. The second kappa shape index (κ2) is 6.30. The highest BCUT2D eigenvalue weighted by atomic mass is 35.5. The molecular weight excluding hydrogens is 267 g/mol. The second-order valence-electron chi connectivity index (χ2n) is 3.63. The van der Waals surface area contributed by atoms with Crippen molar-refractivity contribution in [1.29, 1.82) is 0 Å². The van der Waals surface area contributed by atoms with Crippen molar-refractivity contribution in [2.75, 3.05) is 12.3 Å². The number of nitrogens with two attached hydrogens (primary N) is 1. The molecule has 0 aliphatic carbocycles. The largest absolute Gasteiger partial charge is 0.313 e. The number of hydrogen-bond acceptors (Lipinski definition) is 3. The highest BCUT2D eigenvalue weighted by Gasteiger charge is 2.04. The molecule has 1 rings (SSSR count). The van der Waals surface area contributed by atoms with Crippen LogP contribution in [0.2, 0.25) is 5.02 Å². The normalized spacial score (nSPS) is 11.7. The summed E-state index contributed by atoms with van der Waals surface area (Å²) in [5, 5.41) is 8.23. The Bertz CT molecular complexity index is 479. The van der Waals surface area contributed by atoms with Gasteiger partial charge in [-0.1, -0.05) is 11.6 Å². The molecule has 0 bridgehead atoms. The molecule has 7 heteroatoms. The van der Waals surface area contributed by atoms with Crippen LogP contribution in [-0.2, 0) is 16.6 Å². The average molecular weight is 281 g/mol. The quantitative estimate of drug-likeness (QED) is 0.770. The number of primary sulfonamides is 1. The molecule has 1 aromatic rings. The van der Waals surface area contributed by atoms with E-state index < -0.39 is 10.0 Å². The lowest BCUT2D eigenvalue weighted by Crippen LogP contribution is -2.22. The maximum absolute atomic E-state index is 13.3. The number of rotatable bonds is 6. The zero-order chi connectivity index (χ0) is 12.9. The highest BCUT2D eigenvalue weighted by Crippen LogP contribution is 2.14. The van der Waals surface area contributed by atoms with Gasteiger partial charge >= 0.3 is 0 Å². The van der Waals surface area contributed by atoms with E-state index in [4.69, 9.17) is 16.7 Å². The van der Waals surface area contributed by atoms with Gasteiger partial charge in [0.2, 0.25) is 10.0 Å². The fourth-order valence-electron chi connectivity index (χ4n) is 1.30. The van der Waals surface area contributed by atoms with Gasteiger partial charge in [-0.15, -0.1) is 0 Å². The Hall–Kier alpha value is -0.690. The molecule has 0 saturated heterocycles. The first-order chi connectivity index (χ1) is 7.88. The molecular formula is C10H14ClFN2O2S. The summed E-state index contributed by atoms with van der Waals surface area (Å²) in [5.74, 6) is -0.425. The minimum atomic E-state index is -3.42. The van der Waals surface area contributed by atoms with Crippen molar-refractivity contribution < 1.29 is 12.8 Å². The predicted octanol–water partition coefficient (Wildman–Crippen LogP) is 1.25. The summed E-state index contributed by atoms with van der Waals surface area (Å²) in [5.41, 5.74) is 0.452. The van der Waals surface area contributed by atoms with Crippen molar-refractivity contribution in [3.63, 3.8) is 0 Å². The van der Waals surface area contributed by atoms with E-state index in [1.807, 2.05) is 0 Å². The Morgan fingerprint density at radius 1 is 1.41 bits per heavy atom. The smallest absolute Gasteiger partial charge is 0.209 e. The minimum Gasteiger partial charge on any atom is -0.313 e. The van der Waals surface area contributed by atoms with Gasteiger partial charge in [0.15, 0.2) is 0 Å². The van der Waals surface area contributed by atoms with Crippen molar-refractivity contribution in [1.82, 2.24) is 5.32 Å². The lowest BCUT2D eigenvalue weighted by molar-refractivity contribution is 0.578. The van der Waals surface area contributed by atoms with Crippen LogP contribution in [0.3, 0.4) is 0 Å². The third kappa shape index (κ3) is 5.97. The van der Waals surface area contributed by atoms with Gasteiger partial charge in [0, 0.05) is 17.1 Å². The van der Waals surface area contributed by atoms with E-state index in [0.717, 1.165) is 0 Å². The van der Waals surface area contributed by atoms with Crippen molar-refractivity contribution >= 4 is 21.6 Å². The zero-order valence-electron chi connectivity index (χ0n) is 9.12. The van der Waals surface area contributed by atoms with Crippen LogP contribution in [0, 0.1) is 5.82 Å². The Labute approximate surface area is 105 Å². The summed E-state index contributed by atoms with van der Waals surface area (Å²) in [6, 6.07) is 4.30. The van der Waals surface area contributed by atoms with Crippen LogP contribution in [-0.4, -0.2) is 20.7 Å². The SMILES string of the molecule is NS(=O)(=O)CCCNCc1cc(Cl)ccc1F. The monoisotopic (exact) mass is 280 g/mol. The molecule has 0 fully saturated rings. The van der Waals surface area contributed by atoms with E-state index in [1.165, 1.54) is 18.2 Å². The molecule has 0 heterocycles. The van der Waals surface area contributed by atoms with Crippen LogP contribution in [0.15, 0.2) is 18.2 Å². The van der Waals surface area contributed by atoms with E-state index >= 15 is 0 Å². The number of sulfonamides is 1. The summed E-state index contributed by atoms with van der Waals surface area (Å²) in [4.78, 5) is 0. The fourth-order valence-corrected chi connectivity index (χ4v) is 2.04. The van der Waals surface area contributed by atoms with E-state index in [2.05, 4.69) is 5.32 Å². The van der Waals surface area contributed by atoms with Crippen LogP contribution >= 0.6 is 11.6 Å². The first kappa shape index (κ1) is 14.4. The topological polar surface area (TPSA) is 72.2 Å². The maximum Gasteiger partial charge on any atom is 0.209 e. The molecule has 0 aliphatic heterocycles. The Morgan fingerprint density at radius 3 is 2.76 bits per heavy atom. The van der Waals surface area contributed by atoms with E-state index in [9.17, 15) is 12.8 Å². The molecule has 0 amide bonds. The van der Waals surface area contributed by atoms with Gasteiger partial charge in [0.25, 0.3) is 0 Å². The fraction of sp³-hybridized carbons (Fsp3) is 0.400. The molecule has 1 aromatic carbocycles. The van der Waals surface area contributed by atoms with Crippen molar-refractivity contribution in [2.45, 2.75) is 13.0 Å². The molecule has 4 nitrogen and oxygen atoms in total. The first-order valence-corrected chi connectivity index (χ1v) is 7.13. The lowest BCUT2D eigenvalue weighted by atomic mass is 10.2. The molecule has 96 valence electrons. The van der Waals surface area contributed by atoms with Crippen LogP contribution in [0.1, 0.15) is 12.0 Å². The van der Waals surface area contributed by atoms with Crippen LogP contribution < -0.4 is 10.5 Å². The molecule has 0 unspecified atom stereocenters. The van der Waals surface area contributed by atoms with Gasteiger partial charge in [-0.3, -0.25) is 0 Å². The summed E-state index contributed by atoms with van der Waals surface area (Å²) in [7, 11) is -3.42. The molecule has 3 N–H and O–H groups in total. The Kier molecular flexibility index (Phi) is 5.32. The molecule has 0 saturated carbocycles. The number of halogens is 2. The molecule has 0 atom stereocenters. The number of hydrogen-bond donors (Lipinski definition) is 2. The maximum atomic E-state index is 13.3. The van der Waals surface area contributed by atoms with Crippen molar-refractivity contribution in [3.8, 4) is 0 Å². The van der Waals surface area contributed by atoms with Crippen LogP contribution in [0.25, 0.3) is 0 Å². The number of nitrogens with one attached hydrogen (secondary N) is 1. The first-order valence-electron chi connectivity index (χ1n) is 5.03. The zero-order valence-corrected chi connectivity index (χ0v) is 10.7. The third-order valence-electron chi connectivity index (χ3n) is 2.11. The highest BCUT2D eigenvalue weighted by molar-refractivity contribution is 7.89. The van der Waals surface area contributed by atoms with Gasteiger partial charge in [-0.2, -0.15) is 0 Å². The average Bonchev–Trinajstić information content (AvgIpc) is 2.21. The predicted molar refractivity (Wildman–Crippen MR) is 65.7 cm³/mol. The second-order valence-corrected chi connectivity index (χ2v) is 5.80. The molecule has 17 heavy (non-hydrogen) atoms. The van der Waals surface area contributed by atoms with E-state index in [1.54, 1.807) is 0 Å². The Morgan fingerprint density at radius 2 is 2.12 bits per heavy atom. The van der Waals surface area contributed by atoms with E-state index in [0.29, 0.717) is 30.1 Å². The van der Waals surface area contributed by atoms with Crippen molar-refractivity contribution in [3.05, 3.63) is 34.6 Å². The standard InChI is InChI=1S/C10H14ClFN2O2S/c11-9-2-3-10(12)8(6-9)7-14-4-1-5-17(13,15)16/h2-3,6,14H,1,4-5,7H2,(H2,13,15,16). The van der Waals surface area contributed by atoms with Crippen molar-refractivity contribution in [2.24, 2.45) is 5.14 Å². The summed E-state index contributed by atoms with van der Waals surface area (Å²) in [6.45, 7) is 0.749. The third-order valence-corrected chi connectivity index (χ3v) is 3.20. The van der Waals surface area contributed by atoms with Gasteiger partial charge < -0.3 is 5.32 Å². The van der Waals surface area contributed by atoms with Crippen LogP contribution in [0.4, 0.5) is 4.39 Å². The molecule has 0 aromatic heterocycles. The van der Waals surface area contributed by atoms with Gasteiger partial charge in [-0.25, -0.2) is 17.9 Å². The minimum absolute atomic E-state index is 0.0853. The molecule has 0 spiro atoms. The molecule has 0 aliphatic rings. The number of benzene rings is 1. The summed E-state index contributed by atoms with van der Waals surface area (Å²) < 4.78 is 34.5. The molecule has 0 radical (unpaired) electrons. The van der Waals surface area contributed by atoms with Gasteiger partial charge in [0.1, 0.15) is 5.82 Å². The lowest BCUT2D eigenvalue weighted by Gasteiger charge is -2.06. The van der Waals surface area contributed by atoms with Gasteiger partial charge in [0.05, 0.1) is 5.75 Å². The Balaban J connectivity index is 2.34.